The molecule has 0 radical (unpaired) electrons. The number of benzene rings is 1. The van der Waals surface area contributed by atoms with Crippen molar-refractivity contribution in [2.24, 2.45) is 0 Å². The Balaban J connectivity index is 2.20. The minimum atomic E-state index is 0.239. The van der Waals surface area contributed by atoms with Crippen LogP contribution < -0.4 is 4.74 Å². The smallest absolute Gasteiger partial charge is 0.165 e. The molecule has 0 saturated carbocycles. The van der Waals surface area contributed by atoms with E-state index in [1.54, 1.807) is 0 Å². The molecule has 0 fully saturated rings. The molecule has 17 heavy (non-hydrogen) atoms. The largest absolute Gasteiger partial charge is 0.493 e. The number of thioether (sulfide) groups is 1. The summed E-state index contributed by atoms with van der Waals surface area (Å²) in [5.41, 5.74) is 3.19. The minimum Gasteiger partial charge on any atom is -0.493 e. The maximum atomic E-state index is 12.2. The number of ether oxygens (including phenoxy) is 1. The zero-order chi connectivity index (χ0) is 12.0. The summed E-state index contributed by atoms with van der Waals surface area (Å²) in [5.74, 6) is 2.09. The van der Waals surface area contributed by atoms with E-state index in [2.05, 4.69) is 28.9 Å². The molecule has 1 unspecified atom stereocenters. The van der Waals surface area contributed by atoms with Gasteiger partial charge in [0, 0.05) is 39.4 Å². The fraction of sp³-hybridized carbons (Fsp3) is 0.462. The fourth-order valence-electron chi connectivity index (χ4n) is 2.46. The van der Waals surface area contributed by atoms with Crippen molar-refractivity contribution in [2.75, 3.05) is 6.61 Å². The maximum absolute atomic E-state index is 12.2. The number of halogens is 1. The summed E-state index contributed by atoms with van der Waals surface area (Å²) in [5, 5.41) is 0.388. The van der Waals surface area contributed by atoms with Crippen LogP contribution >= 0.6 is 27.7 Å². The Hall–Kier alpha value is -0.480. The molecule has 0 bridgehead atoms. The first kappa shape index (κ1) is 11.6. The number of fused-ring (bicyclic) bond motifs is 3. The van der Waals surface area contributed by atoms with Crippen LogP contribution in [0.5, 0.6) is 5.75 Å². The molecular formula is C13H13BrO2S. The molecule has 1 aromatic carbocycles. The van der Waals surface area contributed by atoms with E-state index in [0.717, 1.165) is 40.1 Å². The molecule has 0 N–H and O–H groups in total. The van der Waals surface area contributed by atoms with Gasteiger partial charge in [0.25, 0.3) is 0 Å². The van der Waals surface area contributed by atoms with E-state index in [-0.39, 0.29) is 5.78 Å². The summed E-state index contributed by atoms with van der Waals surface area (Å²) < 4.78 is 6.65. The number of ketones is 1. The first-order valence-corrected chi connectivity index (χ1v) is 7.63. The van der Waals surface area contributed by atoms with Crippen LogP contribution in [0.15, 0.2) is 10.5 Å². The molecule has 2 nitrogen and oxygen atoms in total. The van der Waals surface area contributed by atoms with Crippen molar-refractivity contribution in [3.63, 3.8) is 0 Å². The maximum Gasteiger partial charge on any atom is 0.165 e. The minimum absolute atomic E-state index is 0.239. The Morgan fingerprint density at radius 3 is 3.18 bits per heavy atom. The summed E-state index contributed by atoms with van der Waals surface area (Å²) in [6.07, 6.45) is 1.57. The van der Waals surface area contributed by atoms with E-state index in [0.29, 0.717) is 11.7 Å². The summed E-state index contributed by atoms with van der Waals surface area (Å²) >= 11 is 5.38. The summed E-state index contributed by atoms with van der Waals surface area (Å²) in [7, 11) is 0. The van der Waals surface area contributed by atoms with Crippen molar-refractivity contribution < 1.29 is 9.53 Å². The van der Waals surface area contributed by atoms with Crippen LogP contribution in [0.25, 0.3) is 0 Å². The second kappa shape index (κ2) is 4.32. The van der Waals surface area contributed by atoms with Gasteiger partial charge in [0.1, 0.15) is 5.75 Å². The average molecular weight is 313 g/mol. The Kier molecular flexibility index (Phi) is 2.95. The standard InChI is InChI=1S/C13H13BrO2S/c1-7-4-11(15)12-9(6-17-7)13-8(2-3-16-13)5-10(12)14/h5,7H,2-4,6H2,1H3. The van der Waals surface area contributed by atoms with Crippen molar-refractivity contribution >= 4 is 33.5 Å². The number of carbonyl (C=O) groups excluding carboxylic acids is 1. The van der Waals surface area contributed by atoms with Crippen LogP contribution in [-0.2, 0) is 12.2 Å². The van der Waals surface area contributed by atoms with Gasteiger partial charge in [-0.15, -0.1) is 0 Å². The zero-order valence-electron chi connectivity index (χ0n) is 9.59. The third-order valence-electron chi connectivity index (χ3n) is 3.29. The molecule has 3 rings (SSSR count). The van der Waals surface area contributed by atoms with E-state index >= 15 is 0 Å². The molecule has 0 spiro atoms. The van der Waals surface area contributed by atoms with E-state index < -0.39 is 0 Å². The van der Waals surface area contributed by atoms with Gasteiger partial charge in [0.2, 0.25) is 0 Å². The average Bonchev–Trinajstić information content (AvgIpc) is 2.66. The van der Waals surface area contributed by atoms with E-state index in [1.807, 2.05) is 11.8 Å². The highest BCUT2D eigenvalue weighted by Gasteiger charge is 2.29. The highest BCUT2D eigenvalue weighted by molar-refractivity contribution is 9.10. The summed E-state index contributed by atoms with van der Waals surface area (Å²) in [6.45, 7) is 2.86. The topological polar surface area (TPSA) is 26.3 Å². The van der Waals surface area contributed by atoms with Gasteiger partial charge < -0.3 is 4.74 Å². The lowest BCUT2D eigenvalue weighted by Crippen LogP contribution is -2.07. The van der Waals surface area contributed by atoms with Gasteiger partial charge in [-0.05, 0) is 11.6 Å². The van der Waals surface area contributed by atoms with Crippen molar-refractivity contribution in [1.29, 1.82) is 0 Å². The number of Topliss-reactive ketones (excluding diaryl/α,β-unsaturated/α-hetero) is 1. The molecule has 0 aliphatic carbocycles. The van der Waals surface area contributed by atoms with Crippen LogP contribution in [0.2, 0.25) is 0 Å². The number of hydrogen-bond acceptors (Lipinski definition) is 3. The van der Waals surface area contributed by atoms with Crippen molar-refractivity contribution in [1.82, 2.24) is 0 Å². The molecule has 2 aliphatic heterocycles. The third-order valence-corrected chi connectivity index (χ3v) is 5.11. The van der Waals surface area contributed by atoms with Gasteiger partial charge in [-0.3, -0.25) is 4.79 Å². The molecule has 2 aliphatic rings. The van der Waals surface area contributed by atoms with Gasteiger partial charge in [0.15, 0.2) is 5.78 Å². The van der Waals surface area contributed by atoms with Crippen molar-refractivity contribution in [2.45, 2.75) is 30.8 Å². The van der Waals surface area contributed by atoms with Crippen LogP contribution in [0, 0.1) is 0 Å². The Bertz CT molecular complexity index is 499. The van der Waals surface area contributed by atoms with Gasteiger partial charge in [-0.25, -0.2) is 0 Å². The molecule has 4 heteroatoms. The highest BCUT2D eigenvalue weighted by Crippen LogP contribution is 2.42. The molecule has 1 atom stereocenters. The van der Waals surface area contributed by atoms with Crippen molar-refractivity contribution in [3.8, 4) is 5.75 Å². The van der Waals surface area contributed by atoms with Gasteiger partial charge in [0.05, 0.1) is 6.61 Å². The second-order valence-corrected chi connectivity index (χ2v) is 6.83. The molecule has 0 saturated heterocycles. The lowest BCUT2D eigenvalue weighted by atomic mass is 9.98. The first-order valence-electron chi connectivity index (χ1n) is 5.78. The Labute approximate surface area is 113 Å². The molecule has 0 amide bonds. The number of hydrogen-bond donors (Lipinski definition) is 0. The summed E-state index contributed by atoms with van der Waals surface area (Å²) in [6, 6.07) is 2.06. The predicted octanol–water partition coefficient (Wildman–Crippen LogP) is 3.59. The third kappa shape index (κ3) is 1.91. The Morgan fingerprint density at radius 1 is 1.53 bits per heavy atom. The fourth-order valence-corrected chi connectivity index (χ4v) is 4.19. The predicted molar refractivity (Wildman–Crippen MR) is 73.0 cm³/mol. The van der Waals surface area contributed by atoms with E-state index in [1.165, 1.54) is 5.56 Å². The van der Waals surface area contributed by atoms with Crippen LogP contribution in [0.4, 0.5) is 0 Å². The zero-order valence-corrected chi connectivity index (χ0v) is 12.0. The molecule has 90 valence electrons. The molecule has 1 aromatic rings. The lowest BCUT2D eigenvalue weighted by molar-refractivity contribution is 0.0982. The molecule has 0 aromatic heterocycles. The van der Waals surface area contributed by atoms with E-state index in [9.17, 15) is 4.79 Å². The second-order valence-electron chi connectivity index (χ2n) is 4.55. The SMILES string of the molecule is CC1CC(=O)c2c(Br)cc3c(c2CS1)OCC3. The number of carbonyl (C=O) groups is 1. The Morgan fingerprint density at radius 2 is 2.35 bits per heavy atom. The van der Waals surface area contributed by atoms with Crippen LogP contribution in [0.1, 0.15) is 34.8 Å². The highest BCUT2D eigenvalue weighted by atomic mass is 79.9. The quantitative estimate of drug-likeness (QED) is 0.732. The summed E-state index contributed by atoms with van der Waals surface area (Å²) in [4.78, 5) is 12.2. The first-order chi connectivity index (χ1) is 8.16. The monoisotopic (exact) mass is 312 g/mol. The normalized spacial score (nSPS) is 22.7. The van der Waals surface area contributed by atoms with Gasteiger partial charge >= 0.3 is 0 Å². The number of rotatable bonds is 0. The molecular weight excluding hydrogens is 300 g/mol. The lowest BCUT2D eigenvalue weighted by Gasteiger charge is -2.12. The van der Waals surface area contributed by atoms with E-state index in [4.69, 9.17) is 4.74 Å². The van der Waals surface area contributed by atoms with Crippen LogP contribution in [0.3, 0.4) is 0 Å². The van der Waals surface area contributed by atoms with Gasteiger partial charge in [-0.2, -0.15) is 11.8 Å². The molecule has 2 heterocycles. The van der Waals surface area contributed by atoms with Crippen molar-refractivity contribution in [3.05, 3.63) is 27.2 Å². The van der Waals surface area contributed by atoms with Crippen LogP contribution in [-0.4, -0.2) is 17.6 Å². The van der Waals surface area contributed by atoms with Gasteiger partial charge in [-0.1, -0.05) is 22.9 Å².